The van der Waals surface area contributed by atoms with Crippen LogP contribution < -0.4 is 10.1 Å². The summed E-state index contributed by atoms with van der Waals surface area (Å²) in [5, 5.41) is 4.06. The molecule has 2 aromatic heterocycles. The van der Waals surface area contributed by atoms with Gasteiger partial charge in [-0.2, -0.15) is 0 Å². The molecule has 0 aliphatic heterocycles. The average molecular weight is 337 g/mol. The van der Waals surface area contributed by atoms with Crippen LogP contribution in [0.25, 0.3) is 10.9 Å². The van der Waals surface area contributed by atoms with Crippen LogP contribution in [-0.2, 0) is 13.5 Å². The van der Waals surface area contributed by atoms with Crippen molar-refractivity contribution in [3.05, 3.63) is 59.5 Å². The molecule has 0 saturated carbocycles. The molecule has 3 rings (SSSR count). The lowest BCUT2D eigenvalue weighted by molar-refractivity contribution is 0.0932. The first-order valence-corrected chi connectivity index (χ1v) is 8.34. The summed E-state index contributed by atoms with van der Waals surface area (Å²) < 4.78 is 7.16. The average Bonchev–Trinajstić information content (AvgIpc) is 2.93. The molecule has 1 N–H and O–H groups in total. The molecule has 1 unspecified atom stereocenters. The van der Waals surface area contributed by atoms with E-state index >= 15 is 0 Å². The van der Waals surface area contributed by atoms with E-state index < -0.39 is 0 Å². The van der Waals surface area contributed by atoms with E-state index in [-0.39, 0.29) is 11.9 Å². The highest BCUT2D eigenvalue weighted by molar-refractivity contribution is 5.99. The van der Waals surface area contributed by atoms with Crippen molar-refractivity contribution in [1.82, 2.24) is 14.9 Å². The van der Waals surface area contributed by atoms with E-state index in [2.05, 4.69) is 10.3 Å². The second-order valence-electron chi connectivity index (χ2n) is 6.36. The number of benzene rings is 1. The highest BCUT2D eigenvalue weighted by Crippen LogP contribution is 2.23. The predicted molar refractivity (Wildman–Crippen MR) is 99.1 cm³/mol. The molecule has 0 saturated heterocycles. The Labute approximate surface area is 147 Å². The second kappa shape index (κ2) is 6.97. The quantitative estimate of drug-likeness (QED) is 0.777. The molecule has 0 fully saturated rings. The molecule has 25 heavy (non-hydrogen) atoms. The van der Waals surface area contributed by atoms with Crippen molar-refractivity contribution in [3.8, 4) is 5.75 Å². The summed E-state index contributed by atoms with van der Waals surface area (Å²) in [7, 11) is 3.54. The van der Waals surface area contributed by atoms with Crippen LogP contribution in [0.2, 0.25) is 0 Å². The largest absolute Gasteiger partial charge is 0.497 e. The Kier molecular flexibility index (Phi) is 4.74. The number of rotatable bonds is 5. The molecule has 5 nitrogen and oxygen atoms in total. The van der Waals surface area contributed by atoms with Gasteiger partial charge in [-0.15, -0.1) is 0 Å². The molecule has 0 aliphatic rings. The van der Waals surface area contributed by atoms with Crippen LogP contribution in [0.1, 0.15) is 28.7 Å². The zero-order chi connectivity index (χ0) is 18.0. The molecule has 0 radical (unpaired) electrons. The standard InChI is InChI=1S/C20H23N3O2/c1-13-6-5-9-21-17(13)10-14(2)22-20(24)19-12-15-11-16(25-4)7-8-18(15)23(19)3/h5-9,11-12,14H,10H2,1-4H3,(H,22,24). The summed E-state index contributed by atoms with van der Waals surface area (Å²) in [6.45, 7) is 4.03. The minimum Gasteiger partial charge on any atom is -0.497 e. The molecule has 1 atom stereocenters. The zero-order valence-electron chi connectivity index (χ0n) is 15.0. The summed E-state index contributed by atoms with van der Waals surface area (Å²) in [6, 6.07) is 11.6. The van der Waals surface area contributed by atoms with Crippen LogP contribution in [-0.4, -0.2) is 28.6 Å². The number of nitrogens with one attached hydrogen (secondary N) is 1. The van der Waals surface area contributed by atoms with Gasteiger partial charge in [-0.25, -0.2) is 0 Å². The van der Waals surface area contributed by atoms with Crippen LogP contribution in [0.15, 0.2) is 42.6 Å². The maximum atomic E-state index is 12.7. The molecule has 2 heterocycles. The van der Waals surface area contributed by atoms with Gasteiger partial charge < -0.3 is 14.6 Å². The van der Waals surface area contributed by atoms with Gasteiger partial charge in [0, 0.05) is 42.3 Å². The number of amides is 1. The van der Waals surface area contributed by atoms with Gasteiger partial charge in [0.2, 0.25) is 0 Å². The van der Waals surface area contributed by atoms with Gasteiger partial charge in [-0.1, -0.05) is 6.07 Å². The monoisotopic (exact) mass is 337 g/mol. The first kappa shape index (κ1) is 17.0. The number of nitrogens with zero attached hydrogens (tertiary/aromatic N) is 2. The molecular formula is C20H23N3O2. The molecule has 130 valence electrons. The Balaban J connectivity index is 1.77. The lowest BCUT2D eigenvalue weighted by atomic mass is 10.1. The fraction of sp³-hybridized carbons (Fsp3) is 0.300. The number of hydrogen-bond acceptors (Lipinski definition) is 3. The fourth-order valence-corrected chi connectivity index (χ4v) is 3.04. The Morgan fingerprint density at radius 1 is 1.32 bits per heavy atom. The van der Waals surface area contributed by atoms with Gasteiger partial charge in [0.25, 0.3) is 5.91 Å². The van der Waals surface area contributed by atoms with Crippen LogP contribution in [0, 0.1) is 6.92 Å². The number of methoxy groups -OCH3 is 1. The van der Waals surface area contributed by atoms with Gasteiger partial charge >= 0.3 is 0 Å². The lowest BCUT2D eigenvalue weighted by Gasteiger charge is -2.15. The Morgan fingerprint density at radius 3 is 2.84 bits per heavy atom. The third kappa shape index (κ3) is 3.50. The lowest BCUT2D eigenvalue weighted by Crippen LogP contribution is -2.35. The highest BCUT2D eigenvalue weighted by Gasteiger charge is 2.16. The normalized spacial score (nSPS) is 12.2. The maximum absolute atomic E-state index is 12.7. The van der Waals surface area contributed by atoms with Crippen molar-refractivity contribution in [2.45, 2.75) is 26.3 Å². The molecule has 5 heteroatoms. The maximum Gasteiger partial charge on any atom is 0.268 e. The van der Waals surface area contributed by atoms with Gasteiger partial charge in [0.15, 0.2) is 0 Å². The minimum absolute atomic E-state index is 0.00588. The smallest absolute Gasteiger partial charge is 0.268 e. The van der Waals surface area contributed by atoms with Crippen LogP contribution in [0.5, 0.6) is 5.75 Å². The number of pyridine rings is 1. The number of ether oxygens (including phenoxy) is 1. The number of aromatic nitrogens is 2. The van der Waals surface area contributed by atoms with Gasteiger partial charge in [0.1, 0.15) is 11.4 Å². The van der Waals surface area contributed by atoms with Gasteiger partial charge in [0.05, 0.1) is 7.11 Å². The van der Waals surface area contributed by atoms with E-state index in [4.69, 9.17) is 4.74 Å². The van der Waals surface area contributed by atoms with Crippen molar-refractivity contribution in [1.29, 1.82) is 0 Å². The minimum atomic E-state index is -0.0845. The van der Waals surface area contributed by atoms with E-state index in [1.165, 1.54) is 0 Å². The molecule has 1 amide bonds. The number of aryl methyl sites for hydroxylation is 2. The van der Waals surface area contributed by atoms with E-state index in [1.807, 2.05) is 61.9 Å². The molecule has 0 bridgehead atoms. The Morgan fingerprint density at radius 2 is 2.12 bits per heavy atom. The fourth-order valence-electron chi connectivity index (χ4n) is 3.04. The third-order valence-corrected chi connectivity index (χ3v) is 4.48. The summed E-state index contributed by atoms with van der Waals surface area (Å²) in [6.07, 6.45) is 2.49. The van der Waals surface area contributed by atoms with Gasteiger partial charge in [-0.3, -0.25) is 9.78 Å². The van der Waals surface area contributed by atoms with Crippen molar-refractivity contribution in [2.24, 2.45) is 7.05 Å². The van der Waals surface area contributed by atoms with Gasteiger partial charge in [-0.05, 0) is 49.7 Å². The third-order valence-electron chi connectivity index (χ3n) is 4.48. The number of hydrogen-bond donors (Lipinski definition) is 1. The topological polar surface area (TPSA) is 56.1 Å². The van der Waals surface area contributed by atoms with E-state index in [0.29, 0.717) is 12.1 Å². The van der Waals surface area contributed by atoms with Crippen LogP contribution in [0.4, 0.5) is 0 Å². The highest BCUT2D eigenvalue weighted by atomic mass is 16.5. The van der Waals surface area contributed by atoms with E-state index in [0.717, 1.165) is 27.9 Å². The van der Waals surface area contributed by atoms with Crippen molar-refractivity contribution >= 4 is 16.8 Å². The first-order valence-electron chi connectivity index (χ1n) is 8.34. The zero-order valence-corrected chi connectivity index (χ0v) is 15.0. The van der Waals surface area contributed by atoms with Crippen LogP contribution in [0.3, 0.4) is 0 Å². The van der Waals surface area contributed by atoms with Crippen molar-refractivity contribution in [2.75, 3.05) is 7.11 Å². The molecule has 1 aromatic carbocycles. The number of fused-ring (bicyclic) bond motifs is 1. The molecule has 0 aliphatic carbocycles. The number of carbonyl (C=O) groups is 1. The number of carbonyl (C=O) groups excluding carboxylic acids is 1. The van der Waals surface area contributed by atoms with E-state index in [9.17, 15) is 4.79 Å². The van der Waals surface area contributed by atoms with Crippen molar-refractivity contribution in [3.63, 3.8) is 0 Å². The molecular weight excluding hydrogens is 314 g/mol. The van der Waals surface area contributed by atoms with E-state index in [1.54, 1.807) is 13.3 Å². The molecule has 3 aromatic rings. The Bertz CT molecular complexity index is 914. The Hall–Kier alpha value is -2.82. The SMILES string of the molecule is COc1ccc2c(c1)cc(C(=O)NC(C)Cc1ncccc1C)n2C. The first-order chi connectivity index (χ1) is 12.0. The second-order valence-corrected chi connectivity index (χ2v) is 6.36. The summed E-state index contributed by atoms with van der Waals surface area (Å²) in [4.78, 5) is 17.1. The van der Waals surface area contributed by atoms with Crippen LogP contribution >= 0.6 is 0 Å². The summed E-state index contributed by atoms with van der Waals surface area (Å²) in [5.74, 6) is 0.697. The molecule has 0 spiro atoms. The summed E-state index contributed by atoms with van der Waals surface area (Å²) in [5.41, 5.74) is 3.78. The summed E-state index contributed by atoms with van der Waals surface area (Å²) >= 11 is 0. The predicted octanol–water partition coefficient (Wildman–Crippen LogP) is 3.25. The van der Waals surface area contributed by atoms with Crippen molar-refractivity contribution < 1.29 is 9.53 Å².